The summed E-state index contributed by atoms with van der Waals surface area (Å²) >= 11 is 1.34. The lowest BCUT2D eigenvalue weighted by Gasteiger charge is -2.30. The summed E-state index contributed by atoms with van der Waals surface area (Å²) < 4.78 is 33.5. The minimum atomic E-state index is -3.46. The van der Waals surface area contributed by atoms with Gasteiger partial charge in [-0.2, -0.15) is 9.40 Å². The lowest BCUT2D eigenvalue weighted by molar-refractivity contribution is 0.134. The first kappa shape index (κ1) is 14.4. The molecule has 1 fully saturated rings. The van der Waals surface area contributed by atoms with Crippen molar-refractivity contribution in [3.05, 3.63) is 17.9 Å². The molecule has 21 heavy (non-hydrogen) atoms. The Kier molecular flexibility index (Phi) is 3.91. The Hall–Kier alpha value is -1.52. The third-order valence-electron chi connectivity index (χ3n) is 3.33. The molecule has 1 aliphatic heterocycles. The molecule has 0 unspecified atom stereocenters. The van der Waals surface area contributed by atoms with E-state index in [9.17, 15) is 8.42 Å². The number of rotatable bonds is 4. The monoisotopic (exact) mass is 329 g/mol. The van der Waals surface area contributed by atoms with Gasteiger partial charge < -0.3 is 4.74 Å². The van der Waals surface area contributed by atoms with E-state index >= 15 is 0 Å². The Balaban J connectivity index is 1.63. The number of hydrogen-bond acceptors (Lipinski definition) is 7. The van der Waals surface area contributed by atoms with E-state index in [4.69, 9.17) is 4.74 Å². The predicted octanol–water partition coefficient (Wildman–Crippen LogP) is 0.504. The molecule has 8 nitrogen and oxygen atoms in total. The molecular weight excluding hydrogens is 314 g/mol. The molecule has 114 valence electrons. The van der Waals surface area contributed by atoms with Gasteiger partial charge in [0.05, 0.1) is 6.20 Å². The van der Waals surface area contributed by atoms with E-state index in [-0.39, 0.29) is 11.0 Å². The lowest BCUT2D eigenvalue weighted by atomic mass is 10.1. The van der Waals surface area contributed by atoms with Crippen molar-refractivity contribution in [1.29, 1.82) is 0 Å². The van der Waals surface area contributed by atoms with E-state index in [2.05, 4.69) is 15.3 Å². The third-order valence-corrected chi connectivity index (χ3v) is 5.76. The molecule has 0 amide bonds. The Bertz CT molecular complexity index is 689. The largest absolute Gasteiger partial charge is 0.466 e. The van der Waals surface area contributed by atoms with Crippen LogP contribution in [0.25, 0.3) is 0 Å². The fraction of sp³-hybridized carbons (Fsp3) is 0.545. The molecule has 0 N–H and O–H groups in total. The van der Waals surface area contributed by atoms with Gasteiger partial charge in [-0.1, -0.05) is 11.3 Å². The highest BCUT2D eigenvalue weighted by Crippen LogP contribution is 2.23. The van der Waals surface area contributed by atoms with E-state index in [0.29, 0.717) is 31.1 Å². The van der Waals surface area contributed by atoms with Gasteiger partial charge in [0.15, 0.2) is 0 Å². The fourth-order valence-corrected chi connectivity index (χ4v) is 4.15. The fourth-order valence-electron chi connectivity index (χ4n) is 2.23. The number of aromatic nitrogens is 4. The first-order chi connectivity index (χ1) is 10.1. The molecule has 2 aromatic heterocycles. The van der Waals surface area contributed by atoms with Gasteiger partial charge in [-0.05, 0) is 12.8 Å². The van der Waals surface area contributed by atoms with Crippen LogP contribution in [0.1, 0.15) is 12.8 Å². The van der Waals surface area contributed by atoms with Gasteiger partial charge in [0.2, 0.25) is 10.0 Å². The molecule has 0 bridgehead atoms. The Labute approximate surface area is 126 Å². The van der Waals surface area contributed by atoms with E-state index in [1.807, 2.05) is 0 Å². The van der Waals surface area contributed by atoms with E-state index < -0.39 is 10.0 Å². The van der Waals surface area contributed by atoms with Crippen LogP contribution < -0.4 is 4.74 Å². The van der Waals surface area contributed by atoms with Gasteiger partial charge in [-0.25, -0.2) is 8.42 Å². The summed E-state index contributed by atoms with van der Waals surface area (Å²) in [5.74, 6) is 0. The van der Waals surface area contributed by atoms with Crippen LogP contribution in [0.2, 0.25) is 0 Å². The molecule has 2 aromatic rings. The SMILES string of the molecule is Cn1cc(S(=O)(=O)N2CCC(Oc3nncs3)CC2)cn1. The molecular formula is C11H15N5O3S2. The molecule has 1 aliphatic rings. The van der Waals surface area contributed by atoms with Crippen molar-refractivity contribution in [2.24, 2.45) is 7.05 Å². The van der Waals surface area contributed by atoms with E-state index in [1.165, 1.54) is 32.7 Å². The van der Waals surface area contributed by atoms with Gasteiger partial charge in [-0.3, -0.25) is 4.68 Å². The summed E-state index contributed by atoms with van der Waals surface area (Å²) in [5.41, 5.74) is 1.61. The number of nitrogens with zero attached hydrogens (tertiary/aromatic N) is 5. The second-order valence-electron chi connectivity index (χ2n) is 4.78. The molecule has 1 saturated heterocycles. The van der Waals surface area contributed by atoms with E-state index in [1.54, 1.807) is 12.6 Å². The summed E-state index contributed by atoms with van der Waals surface area (Å²) in [6.45, 7) is 0.862. The summed E-state index contributed by atoms with van der Waals surface area (Å²) in [4.78, 5) is 0.230. The van der Waals surface area contributed by atoms with Crippen LogP contribution in [0, 0.1) is 0 Å². The van der Waals surface area contributed by atoms with Crippen molar-refractivity contribution in [3.8, 4) is 5.19 Å². The number of ether oxygens (including phenoxy) is 1. The van der Waals surface area contributed by atoms with Crippen LogP contribution in [0.5, 0.6) is 5.19 Å². The average Bonchev–Trinajstić information content (AvgIpc) is 3.11. The van der Waals surface area contributed by atoms with Gasteiger partial charge in [0.1, 0.15) is 16.5 Å². The molecule has 0 radical (unpaired) electrons. The molecule has 0 atom stereocenters. The van der Waals surface area contributed by atoms with Crippen molar-refractivity contribution >= 4 is 21.4 Å². The molecule has 0 saturated carbocycles. The average molecular weight is 329 g/mol. The topological polar surface area (TPSA) is 90.2 Å². The van der Waals surface area contributed by atoms with Crippen molar-refractivity contribution in [3.63, 3.8) is 0 Å². The second kappa shape index (κ2) is 5.70. The Morgan fingerprint density at radius 2 is 2.14 bits per heavy atom. The highest BCUT2D eigenvalue weighted by Gasteiger charge is 2.31. The number of sulfonamides is 1. The van der Waals surface area contributed by atoms with Crippen LogP contribution >= 0.6 is 11.3 Å². The minimum Gasteiger partial charge on any atom is -0.466 e. The molecule has 3 rings (SSSR count). The lowest BCUT2D eigenvalue weighted by Crippen LogP contribution is -2.41. The van der Waals surface area contributed by atoms with Crippen molar-refractivity contribution < 1.29 is 13.2 Å². The van der Waals surface area contributed by atoms with Crippen LogP contribution in [-0.4, -0.2) is 51.9 Å². The van der Waals surface area contributed by atoms with Gasteiger partial charge in [0.25, 0.3) is 5.19 Å². The van der Waals surface area contributed by atoms with E-state index in [0.717, 1.165) is 0 Å². The summed E-state index contributed by atoms with van der Waals surface area (Å²) in [5, 5.41) is 12.0. The highest BCUT2D eigenvalue weighted by molar-refractivity contribution is 7.89. The maximum absolute atomic E-state index is 12.4. The van der Waals surface area contributed by atoms with Crippen LogP contribution in [0.4, 0.5) is 0 Å². The molecule has 0 aromatic carbocycles. The summed E-state index contributed by atoms with van der Waals surface area (Å²) in [6.07, 6.45) is 4.15. The van der Waals surface area contributed by atoms with Crippen molar-refractivity contribution in [1.82, 2.24) is 24.3 Å². The van der Waals surface area contributed by atoms with Crippen molar-refractivity contribution in [2.45, 2.75) is 23.8 Å². The Morgan fingerprint density at radius 1 is 1.38 bits per heavy atom. The first-order valence-electron chi connectivity index (χ1n) is 6.47. The zero-order valence-corrected chi connectivity index (χ0v) is 13.0. The zero-order chi connectivity index (χ0) is 14.9. The number of aryl methyl sites for hydroxylation is 1. The zero-order valence-electron chi connectivity index (χ0n) is 11.4. The Morgan fingerprint density at radius 3 is 2.71 bits per heavy atom. The standard InChI is InChI=1S/C11H15N5O3S2/c1-15-7-10(6-13-15)21(17,18)16-4-2-9(3-5-16)19-11-14-12-8-20-11/h6-9H,2-5H2,1H3. The van der Waals surface area contributed by atoms with Crippen molar-refractivity contribution in [2.75, 3.05) is 13.1 Å². The van der Waals surface area contributed by atoms with Crippen LogP contribution in [0.15, 0.2) is 22.8 Å². The van der Waals surface area contributed by atoms with Crippen LogP contribution in [0.3, 0.4) is 0 Å². The third kappa shape index (κ3) is 3.06. The minimum absolute atomic E-state index is 0.0155. The van der Waals surface area contributed by atoms with Gasteiger partial charge in [0, 0.05) is 26.3 Å². The quantitative estimate of drug-likeness (QED) is 0.811. The molecule has 10 heteroatoms. The molecule has 0 spiro atoms. The molecule has 3 heterocycles. The number of piperidine rings is 1. The second-order valence-corrected chi connectivity index (χ2v) is 7.51. The number of hydrogen-bond donors (Lipinski definition) is 0. The van der Waals surface area contributed by atoms with Gasteiger partial charge >= 0.3 is 0 Å². The summed E-state index contributed by atoms with van der Waals surface area (Å²) in [7, 11) is -1.76. The predicted molar refractivity (Wildman–Crippen MR) is 75.5 cm³/mol. The molecule has 0 aliphatic carbocycles. The van der Waals surface area contributed by atoms with Crippen LogP contribution in [-0.2, 0) is 17.1 Å². The highest BCUT2D eigenvalue weighted by atomic mass is 32.2. The normalized spacial score (nSPS) is 18.0. The van der Waals surface area contributed by atoms with Gasteiger partial charge in [-0.15, -0.1) is 10.2 Å². The maximum atomic E-state index is 12.4. The smallest absolute Gasteiger partial charge is 0.294 e. The summed E-state index contributed by atoms with van der Waals surface area (Å²) in [6, 6.07) is 0. The maximum Gasteiger partial charge on any atom is 0.294 e. The first-order valence-corrected chi connectivity index (χ1v) is 8.79.